The molecule has 112 valence electrons. The lowest BCUT2D eigenvalue weighted by Gasteiger charge is -2.40. The number of para-hydroxylation sites is 2. The Labute approximate surface area is 122 Å². The van der Waals surface area contributed by atoms with E-state index in [-0.39, 0.29) is 0 Å². The number of ether oxygens (including phenoxy) is 1. The van der Waals surface area contributed by atoms with Gasteiger partial charge in [0.15, 0.2) is 0 Å². The lowest BCUT2D eigenvalue weighted by molar-refractivity contribution is 0.179. The summed E-state index contributed by atoms with van der Waals surface area (Å²) >= 11 is 0. The van der Waals surface area contributed by atoms with Crippen LogP contribution in [-0.4, -0.2) is 50.8 Å². The van der Waals surface area contributed by atoms with Gasteiger partial charge in [-0.25, -0.2) is 0 Å². The number of piperazine rings is 1. The maximum Gasteiger partial charge on any atom is 0.142 e. The smallest absolute Gasteiger partial charge is 0.142 e. The third-order valence-electron chi connectivity index (χ3n) is 4.15. The van der Waals surface area contributed by atoms with Gasteiger partial charge >= 0.3 is 0 Å². The summed E-state index contributed by atoms with van der Waals surface area (Å²) in [6.07, 6.45) is 2.40. The zero-order valence-corrected chi connectivity index (χ0v) is 12.7. The van der Waals surface area contributed by atoms with Crippen molar-refractivity contribution in [2.45, 2.75) is 25.8 Å². The van der Waals surface area contributed by atoms with Crippen molar-refractivity contribution in [2.24, 2.45) is 5.73 Å². The molecule has 0 amide bonds. The molecular weight excluding hydrogens is 250 g/mol. The molecule has 0 aliphatic carbocycles. The van der Waals surface area contributed by atoms with Gasteiger partial charge in [0.1, 0.15) is 5.75 Å². The number of nitrogens with zero attached hydrogens (tertiary/aromatic N) is 2. The molecular formula is C16H27N3O. The summed E-state index contributed by atoms with van der Waals surface area (Å²) in [5.41, 5.74) is 7.11. The zero-order valence-electron chi connectivity index (χ0n) is 12.7. The molecule has 1 atom stereocenters. The summed E-state index contributed by atoms with van der Waals surface area (Å²) in [7, 11) is 1.74. The van der Waals surface area contributed by atoms with Gasteiger partial charge in [-0.2, -0.15) is 0 Å². The second kappa shape index (κ2) is 7.50. The monoisotopic (exact) mass is 277 g/mol. The minimum absolute atomic E-state index is 0.541. The molecule has 4 heteroatoms. The molecule has 4 nitrogen and oxygen atoms in total. The molecule has 1 aromatic rings. The summed E-state index contributed by atoms with van der Waals surface area (Å²) < 4.78 is 5.46. The minimum atomic E-state index is 0.541. The molecule has 1 unspecified atom stereocenters. The molecule has 0 spiro atoms. The Hall–Kier alpha value is -1.26. The van der Waals surface area contributed by atoms with Gasteiger partial charge in [-0.05, 0) is 18.6 Å². The average Bonchev–Trinajstić information content (AvgIpc) is 2.53. The number of rotatable bonds is 6. The summed E-state index contributed by atoms with van der Waals surface area (Å²) in [6, 6.07) is 8.80. The van der Waals surface area contributed by atoms with Crippen molar-refractivity contribution in [2.75, 3.05) is 44.7 Å². The standard InChI is InChI=1S/C16H27N3O/c1-3-6-14(13-17)18-9-11-19(12-10-18)15-7-4-5-8-16(15)20-2/h4-5,7-8,14H,3,6,9-13,17H2,1-2H3. The Balaban J connectivity index is 1.97. The maximum atomic E-state index is 5.91. The van der Waals surface area contributed by atoms with Crippen molar-refractivity contribution in [1.29, 1.82) is 0 Å². The van der Waals surface area contributed by atoms with Crippen molar-refractivity contribution >= 4 is 5.69 Å². The Kier molecular flexibility index (Phi) is 5.68. The van der Waals surface area contributed by atoms with Crippen molar-refractivity contribution in [3.05, 3.63) is 24.3 Å². The average molecular weight is 277 g/mol. The van der Waals surface area contributed by atoms with E-state index in [1.165, 1.54) is 18.5 Å². The Morgan fingerprint density at radius 1 is 1.20 bits per heavy atom. The topological polar surface area (TPSA) is 41.7 Å². The van der Waals surface area contributed by atoms with Crippen LogP contribution in [0.3, 0.4) is 0 Å². The number of hydrogen-bond acceptors (Lipinski definition) is 4. The number of benzene rings is 1. The van der Waals surface area contributed by atoms with E-state index >= 15 is 0 Å². The molecule has 0 aromatic heterocycles. The third-order valence-corrected chi connectivity index (χ3v) is 4.15. The fourth-order valence-electron chi connectivity index (χ4n) is 3.00. The second-order valence-electron chi connectivity index (χ2n) is 5.37. The first-order chi connectivity index (χ1) is 9.80. The van der Waals surface area contributed by atoms with Gasteiger partial charge in [0.25, 0.3) is 0 Å². The van der Waals surface area contributed by atoms with Gasteiger partial charge in [-0.1, -0.05) is 25.5 Å². The largest absolute Gasteiger partial charge is 0.495 e. The molecule has 2 rings (SSSR count). The molecule has 1 aliphatic rings. The van der Waals surface area contributed by atoms with Crippen LogP contribution in [0.25, 0.3) is 0 Å². The zero-order chi connectivity index (χ0) is 14.4. The van der Waals surface area contributed by atoms with E-state index in [0.29, 0.717) is 6.04 Å². The fraction of sp³-hybridized carbons (Fsp3) is 0.625. The van der Waals surface area contributed by atoms with E-state index in [0.717, 1.165) is 38.5 Å². The quantitative estimate of drug-likeness (QED) is 0.863. The van der Waals surface area contributed by atoms with E-state index < -0.39 is 0 Å². The molecule has 1 saturated heterocycles. The van der Waals surface area contributed by atoms with Crippen LogP contribution < -0.4 is 15.4 Å². The Bertz CT molecular complexity index is 402. The predicted octanol–water partition coefficient (Wildman–Crippen LogP) is 1.94. The third kappa shape index (κ3) is 3.44. The van der Waals surface area contributed by atoms with Crippen molar-refractivity contribution < 1.29 is 4.74 Å². The summed E-state index contributed by atoms with van der Waals surface area (Å²) in [4.78, 5) is 4.95. The van der Waals surface area contributed by atoms with Crippen LogP contribution in [0.4, 0.5) is 5.69 Å². The fourth-order valence-corrected chi connectivity index (χ4v) is 3.00. The lowest BCUT2D eigenvalue weighted by Crippen LogP contribution is -2.52. The van der Waals surface area contributed by atoms with Gasteiger partial charge in [-0.3, -0.25) is 4.90 Å². The Morgan fingerprint density at radius 2 is 1.90 bits per heavy atom. The van der Waals surface area contributed by atoms with Crippen LogP contribution in [0.1, 0.15) is 19.8 Å². The van der Waals surface area contributed by atoms with E-state index in [2.05, 4.69) is 28.9 Å². The van der Waals surface area contributed by atoms with E-state index in [1.807, 2.05) is 12.1 Å². The summed E-state index contributed by atoms with van der Waals surface area (Å²) in [6.45, 7) is 7.25. The van der Waals surface area contributed by atoms with Crippen molar-refractivity contribution in [1.82, 2.24) is 4.90 Å². The first-order valence-corrected chi connectivity index (χ1v) is 7.62. The molecule has 1 aromatic carbocycles. The van der Waals surface area contributed by atoms with E-state index in [9.17, 15) is 0 Å². The summed E-state index contributed by atoms with van der Waals surface area (Å²) in [5.74, 6) is 0.963. The highest BCUT2D eigenvalue weighted by Crippen LogP contribution is 2.28. The predicted molar refractivity (Wildman–Crippen MR) is 84.5 cm³/mol. The highest BCUT2D eigenvalue weighted by atomic mass is 16.5. The molecule has 1 heterocycles. The van der Waals surface area contributed by atoms with Crippen molar-refractivity contribution in [3.8, 4) is 5.75 Å². The lowest BCUT2D eigenvalue weighted by atomic mass is 10.1. The van der Waals surface area contributed by atoms with Crippen LogP contribution in [0, 0.1) is 0 Å². The SMILES string of the molecule is CCCC(CN)N1CCN(c2ccccc2OC)CC1. The molecule has 0 radical (unpaired) electrons. The first-order valence-electron chi connectivity index (χ1n) is 7.62. The van der Waals surface area contributed by atoms with Gasteiger partial charge in [-0.15, -0.1) is 0 Å². The molecule has 20 heavy (non-hydrogen) atoms. The second-order valence-corrected chi connectivity index (χ2v) is 5.37. The van der Waals surface area contributed by atoms with Gasteiger partial charge in [0.2, 0.25) is 0 Å². The van der Waals surface area contributed by atoms with Gasteiger partial charge in [0.05, 0.1) is 12.8 Å². The molecule has 0 saturated carbocycles. The molecule has 0 bridgehead atoms. The number of hydrogen-bond donors (Lipinski definition) is 1. The van der Waals surface area contributed by atoms with Crippen LogP contribution >= 0.6 is 0 Å². The van der Waals surface area contributed by atoms with Gasteiger partial charge in [0, 0.05) is 38.8 Å². The van der Waals surface area contributed by atoms with Crippen LogP contribution in [-0.2, 0) is 0 Å². The number of methoxy groups -OCH3 is 1. The van der Waals surface area contributed by atoms with Crippen LogP contribution in [0.5, 0.6) is 5.75 Å². The Morgan fingerprint density at radius 3 is 2.50 bits per heavy atom. The summed E-state index contributed by atoms with van der Waals surface area (Å²) in [5, 5.41) is 0. The van der Waals surface area contributed by atoms with E-state index in [1.54, 1.807) is 7.11 Å². The molecule has 1 aliphatic heterocycles. The minimum Gasteiger partial charge on any atom is -0.495 e. The normalized spacial score (nSPS) is 18.1. The number of anilines is 1. The van der Waals surface area contributed by atoms with Crippen LogP contribution in [0.15, 0.2) is 24.3 Å². The van der Waals surface area contributed by atoms with E-state index in [4.69, 9.17) is 10.5 Å². The van der Waals surface area contributed by atoms with Gasteiger partial charge < -0.3 is 15.4 Å². The molecule has 2 N–H and O–H groups in total. The maximum absolute atomic E-state index is 5.91. The van der Waals surface area contributed by atoms with Crippen molar-refractivity contribution in [3.63, 3.8) is 0 Å². The first kappa shape index (κ1) is 15.1. The van der Waals surface area contributed by atoms with Crippen LogP contribution in [0.2, 0.25) is 0 Å². The highest BCUT2D eigenvalue weighted by molar-refractivity contribution is 5.58. The molecule has 1 fully saturated rings. The number of nitrogens with two attached hydrogens (primary N) is 1. The highest BCUT2D eigenvalue weighted by Gasteiger charge is 2.23.